The summed E-state index contributed by atoms with van der Waals surface area (Å²) in [5.41, 5.74) is 10.6. The van der Waals surface area contributed by atoms with Gasteiger partial charge in [-0.25, -0.2) is 0 Å². The van der Waals surface area contributed by atoms with Crippen LogP contribution in [-0.4, -0.2) is 0 Å². The Kier molecular flexibility index (Phi) is 3.83. The summed E-state index contributed by atoms with van der Waals surface area (Å²) in [6.07, 6.45) is 0. The zero-order valence-corrected chi connectivity index (χ0v) is 12.6. The van der Waals surface area contributed by atoms with Crippen LogP contribution in [-0.2, 0) is 0 Å². The van der Waals surface area contributed by atoms with Gasteiger partial charge in [0.25, 0.3) is 0 Å². The van der Waals surface area contributed by atoms with Gasteiger partial charge in [-0.2, -0.15) is 0 Å². The van der Waals surface area contributed by atoms with E-state index in [1.807, 2.05) is 31.2 Å². The van der Waals surface area contributed by atoms with Gasteiger partial charge in [-0.1, -0.05) is 33.6 Å². The Balaban J connectivity index is 2.34. The molecule has 0 aliphatic heterocycles. The fourth-order valence-electron chi connectivity index (χ4n) is 1.66. The Morgan fingerprint density at radius 3 is 2.50 bits per heavy atom. The Bertz CT molecular complexity index is 597. The second-order valence-corrected chi connectivity index (χ2v) is 5.54. The van der Waals surface area contributed by atoms with Crippen molar-refractivity contribution in [2.24, 2.45) is 0 Å². The zero-order chi connectivity index (χ0) is 13.3. The standard InChI is InChI=1S/C14H14BrClN2/c1-8-3-4-10(6-11(8)15)18-14-7-12(16)13(17)5-9(14)2/h3-7,18H,17H2,1-2H3. The lowest BCUT2D eigenvalue weighted by atomic mass is 10.1. The fraction of sp³-hybridized carbons (Fsp3) is 0.143. The smallest absolute Gasteiger partial charge is 0.0656 e. The zero-order valence-electron chi connectivity index (χ0n) is 10.2. The summed E-state index contributed by atoms with van der Waals surface area (Å²) in [6, 6.07) is 9.84. The van der Waals surface area contributed by atoms with Crippen LogP contribution in [0, 0.1) is 13.8 Å². The molecule has 0 aliphatic rings. The van der Waals surface area contributed by atoms with Crippen LogP contribution in [0.15, 0.2) is 34.8 Å². The van der Waals surface area contributed by atoms with Gasteiger partial charge in [-0.05, 0) is 49.2 Å². The van der Waals surface area contributed by atoms with Crippen LogP contribution in [0.25, 0.3) is 0 Å². The number of halogens is 2. The molecule has 2 aromatic carbocycles. The van der Waals surface area contributed by atoms with E-state index in [-0.39, 0.29) is 0 Å². The van der Waals surface area contributed by atoms with Crippen molar-refractivity contribution < 1.29 is 0 Å². The Morgan fingerprint density at radius 2 is 1.83 bits per heavy atom. The Labute approximate surface area is 120 Å². The largest absolute Gasteiger partial charge is 0.398 e. The van der Waals surface area contributed by atoms with E-state index in [0.29, 0.717) is 10.7 Å². The average Bonchev–Trinajstić information content (AvgIpc) is 2.31. The van der Waals surface area contributed by atoms with Crippen molar-refractivity contribution >= 4 is 44.6 Å². The quantitative estimate of drug-likeness (QED) is 0.759. The number of anilines is 3. The first-order valence-electron chi connectivity index (χ1n) is 5.56. The van der Waals surface area contributed by atoms with Crippen molar-refractivity contribution in [1.29, 1.82) is 0 Å². The van der Waals surface area contributed by atoms with E-state index < -0.39 is 0 Å². The predicted octanol–water partition coefficient (Wildman–Crippen LogP) is 5.05. The predicted molar refractivity (Wildman–Crippen MR) is 82.8 cm³/mol. The Hall–Kier alpha value is -1.19. The van der Waals surface area contributed by atoms with Crippen molar-refractivity contribution in [1.82, 2.24) is 0 Å². The van der Waals surface area contributed by atoms with E-state index in [2.05, 4.69) is 34.2 Å². The van der Waals surface area contributed by atoms with Gasteiger partial charge in [0.2, 0.25) is 0 Å². The molecule has 0 spiro atoms. The lowest BCUT2D eigenvalue weighted by Crippen LogP contribution is -1.96. The second-order valence-electron chi connectivity index (χ2n) is 4.28. The summed E-state index contributed by atoms with van der Waals surface area (Å²) >= 11 is 9.55. The van der Waals surface area contributed by atoms with E-state index in [9.17, 15) is 0 Å². The van der Waals surface area contributed by atoms with Crippen LogP contribution < -0.4 is 11.1 Å². The summed E-state index contributed by atoms with van der Waals surface area (Å²) in [7, 11) is 0. The maximum absolute atomic E-state index is 6.03. The Morgan fingerprint density at radius 1 is 1.11 bits per heavy atom. The fourth-order valence-corrected chi connectivity index (χ4v) is 2.21. The van der Waals surface area contributed by atoms with Gasteiger partial charge in [0.1, 0.15) is 0 Å². The summed E-state index contributed by atoms with van der Waals surface area (Å²) in [5.74, 6) is 0. The van der Waals surface area contributed by atoms with E-state index >= 15 is 0 Å². The van der Waals surface area contributed by atoms with Gasteiger partial charge in [-0.15, -0.1) is 0 Å². The summed E-state index contributed by atoms with van der Waals surface area (Å²) in [4.78, 5) is 0. The number of rotatable bonds is 2. The van der Waals surface area contributed by atoms with Gasteiger partial charge < -0.3 is 11.1 Å². The third kappa shape index (κ3) is 2.79. The van der Waals surface area contributed by atoms with Crippen LogP contribution in [0.5, 0.6) is 0 Å². The molecule has 94 valence electrons. The molecule has 2 aromatic rings. The first-order valence-corrected chi connectivity index (χ1v) is 6.73. The number of hydrogen-bond donors (Lipinski definition) is 2. The average molecular weight is 326 g/mol. The lowest BCUT2D eigenvalue weighted by Gasteiger charge is -2.12. The summed E-state index contributed by atoms with van der Waals surface area (Å²) < 4.78 is 1.08. The first-order chi connectivity index (χ1) is 8.47. The van der Waals surface area contributed by atoms with Crippen molar-refractivity contribution in [2.75, 3.05) is 11.1 Å². The molecule has 3 N–H and O–H groups in total. The van der Waals surface area contributed by atoms with Crippen molar-refractivity contribution in [3.63, 3.8) is 0 Å². The van der Waals surface area contributed by atoms with E-state index in [1.54, 1.807) is 0 Å². The molecule has 0 fully saturated rings. The van der Waals surface area contributed by atoms with Crippen LogP contribution in [0.4, 0.5) is 17.1 Å². The van der Waals surface area contributed by atoms with Crippen LogP contribution in [0.1, 0.15) is 11.1 Å². The number of nitrogens with one attached hydrogen (secondary N) is 1. The van der Waals surface area contributed by atoms with Gasteiger partial charge in [0.05, 0.1) is 10.7 Å². The van der Waals surface area contributed by atoms with Gasteiger partial charge in [-0.3, -0.25) is 0 Å². The van der Waals surface area contributed by atoms with Crippen molar-refractivity contribution in [3.8, 4) is 0 Å². The third-order valence-electron chi connectivity index (χ3n) is 2.79. The van der Waals surface area contributed by atoms with Crippen molar-refractivity contribution in [3.05, 3.63) is 51.0 Å². The highest BCUT2D eigenvalue weighted by Gasteiger charge is 2.05. The molecule has 0 unspecified atom stereocenters. The van der Waals surface area contributed by atoms with Crippen LogP contribution in [0.2, 0.25) is 5.02 Å². The highest BCUT2D eigenvalue weighted by atomic mass is 79.9. The van der Waals surface area contributed by atoms with Crippen LogP contribution >= 0.6 is 27.5 Å². The first kappa shape index (κ1) is 13.2. The highest BCUT2D eigenvalue weighted by Crippen LogP contribution is 2.30. The van der Waals surface area contributed by atoms with E-state index in [1.165, 1.54) is 5.56 Å². The minimum atomic E-state index is 0.564. The molecule has 0 saturated heterocycles. The van der Waals surface area contributed by atoms with Gasteiger partial charge in [0.15, 0.2) is 0 Å². The number of aryl methyl sites for hydroxylation is 2. The number of benzene rings is 2. The van der Waals surface area contributed by atoms with E-state index in [0.717, 1.165) is 21.4 Å². The molecule has 2 nitrogen and oxygen atoms in total. The molecule has 0 bridgehead atoms. The number of nitrogen functional groups attached to an aromatic ring is 1. The second kappa shape index (κ2) is 5.21. The molecule has 0 saturated carbocycles. The molecule has 0 atom stereocenters. The van der Waals surface area contributed by atoms with Gasteiger partial charge >= 0.3 is 0 Å². The molecular formula is C14H14BrClN2. The van der Waals surface area contributed by atoms with Crippen molar-refractivity contribution in [2.45, 2.75) is 13.8 Å². The molecule has 0 radical (unpaired) electrons. The molecule has 0 aromatic heterocycles. The summed E-state index contributed by atoms with van der Waals surface area (Å²) in [5, 5.41) is 3.90. The minimum Gasteiger partial charge on any atom is -0.398 e. The van der Waals surface area contributed by atoms with Crippen LogP contribution in [0.3, 0.4) is 0 Å². The van der Waals surface area contributed by atoms with E-state index in [4.69, 9.17) is 17.3 Å². The lowest BCUT2D eigenvalue weighted by molar-refractivity contribution is 1.40. The highest BCUT2D eigenvalue weighted by molar-refractivity contribution is 9.10. The maximum atomic E-state index is 6.03. The normalized spacial score (nSPS) is 10.4. The molecule has 0 heterocycles. The molecule has 0 amide bonds. The number of nitrogens with two attached hydrogens (primary N) is 1. The third-order valence-corrected chi connectivity index (χ3v) is 3.98. The SMILES string of the molecule is Cc1ccc(Nc2cc(Cl)c(N)cc2C)cc1Br. The number of hydrogen-bond acceptors (Lipinski definition) is 2. The van der Waals surface area contributed by atoms with Gasteiger partial charge in [0, 0.05) is 15.8 Å². The maximum Gasteiger partial charge on any atom is 0.0656 e. The topological polar surface area (TPSA) is 38.0 Å². The monoisotopic (exact) mass is 324 g/mol. The molecular weight excluding hydrogens is 312 g/mol. The molecule has 2 rings (SSSR count). The summed E-state index contributed by atoms with van der Waals surface area (Å²) in [6.45, 7) is 4.05. The molecule has 18 heavy (non-hydrogen) atoms. The minimum absolute atomic E-state index is 0.564. The molecule has 4 heteroatoms. The molecule has 0 aliphatic carbocycles.